The molecule has 3 aromatic carbocycles. The highest BCUT2D eigenvalue weighted by Crippen LogP contribution is 2.30. The summed E-state index contributed by atoms with van der Waals surface area (Å²) in [5, 5.41) is 3.07. The highest BCUT2D eigenvalue weighted by Gasteiger charge is 2.31. The van der Waals surface area contributed by atoms with E-state index in [4.69, 9.17) is 4.74 Å². The van der Waals surface area contributed by atoms with E-state index in [1.165, 1.54) is 11.4 Å². The first-order valence-electron chi connectivity index (χ1n) is 14.3. The molecule has 3 rings (SSSR count). The van der Waals surface area contributed by atoms with Gasteiger partial charge in [0, 0.05) is 32.0 Å². The number of para-hydroxylation sites is 2. The zero-order valence-electron chi connectivity index (χ0n) is 25.2. The number of rotatable bonds is 15. The van der Waals surface area contributed by atoms with E-state index in [1.807, 2.05) is 75.4 Å². The van der Waals surface area contributed by atoms with Crippen LogP contribution in [0.15, 0.2) is 78.9 Å². The molecule has 1 N–H and O–H groups in total. The minimum Gasteiger partial charge on any atom is -0.495 e. The first-order chi connectivity index (χ1) is 20.0. The van der Waals surface area contributed by atoms with E-state index in [9.17, 15) is 18.0 Å². The van der Waals surface area contributed by atoms with Gasteiger partial charge in [0.1, 0.15) is 11.8 Å². The Balaban J connectivity index is 1.90. The van der Waals surface area contributed by atoms with Crippen molar-refractivity contribution < 1.29 is 22.7 Å². The van der Waals surface area contributed by atoms with Gasteiger partial charge in [-0.3, -0.25) is 13.9 Å². The lowest BCUT2D eigenvalue weighted by molar-refractivity contribution is -0.141. The molecule has 0 aliphatic carbocycles. The summed E-state index contributed by atoms with van der Waals surface area (Å²) in [6.07, 6.45) is 2.59. The van der Waals surface area contributed by atoms with Crippen LogP contribution in [0.2, 0.25) is 0 Å². The van der Waals surface area contributed by atoms with E-state index in [0.29, 0.717) is 17.9 Å². The van der Waals surface area contributed by atoms with Gasteiger partial charge >= 0.3 is 0 Å². The van der Waals surface area contributed by atoms with Crippen molar-refractivity contribution in [2.75, 3.05) is 24.2 Å². The molecule has 8 nitrogen and oxygen atoms in total. The number of benzene rings is 3. The van der Waals surface area contributed by atoms with Crippen LogP contribution in [0.1, 0.15) is 49.8 Å². The molecule has 9 heteroatoms. The van der Waals surface area contributed by atoms with Crippen LogP contribution in [0.5, 0.6) is 5.75 Å². The van der Waals surface area contributed by atoms with E-state index < -0.39 is 16.1 Å². The molecule has 3 aromatic rings. The van der Waals surface area contributed by atoms with Gasteiger partial charge in [0.15, 0.2) is 0 Å². The maximum atomic E-state index is 14.0. The van der Waals surface area contributed by atoms with Gasteiger partial charge in [-0.2, -0.15) is 0 Å². The maximum absolute atomic E-state index is 14.0. The van der Waals surface area contributed by atoms with Crippen molar-refractivity contribution in [1.29, 1.82) is 0 Å². The smallest absolute Gasteiger partial charge is 0.243 e. The Morgan fingerprint density at radius 1 is 0.929 bits per heavy atom. The SMILES string of the molecule is CC[C@H](C)NC(=O)[C@H](Cc1ccccc1)N(Cc1ccc(C)cc1)C(=O)CCCN(c1ccccc1OC)S(C)(=O)=O. The second-order valence-corrected chi connectivity index (χ2v) is 12.5. The molecular weight excluding hydrogens is 550 g/mol. The predicted molar refractivity (Wildman–Crippen MR) is 168 cm³/mol. The molecule has 0 fully saturated rings. The Morgan fingerprint density at radius 2 is 1.57 bits per heavy atom. The first kappa shape index (κ1) is 32.7. The summed E-state index contributed by atoms with van der Waals surface area (Å²) in [6.45, 7) is 6.29. The fourth-order valence-electron chi connectivity index (χ4n) is 4.70. The molecule has 2 amide bonds. The van der Waals surface area contributed by atoms with Gasteiger partial charge in [0.2, 0.25) is 21.8 Å². The maximum Gasteiger partial charge on any atom is 0.243 e. The molecule has 0 aliphatic rings. The topological polar surface area (TPSA) is 96.0 Å². The summed E-state index contributed by atoms with van der Waals surface area (Å²) in [5.41, 5.74) is 3.38. The molecule has 0 bridgehead atoms. The third-order valence-electron chi connectivity index (χ3n) is 7.25. The van der Waals surface area contributed by atoms with Gasteiger partial charge in [-0.15, -0.1) is 0 Å². The monoisotopic (exact) mass is 593 g/mol. The quantitative estimate of drug-likeness (QED) is 0.264. The van der Waals surface area contributed by atoms with Crippen LogP contribution in [-0.4, -0.2) is 57.1 Å². The number of amides is 2. The fraction of sp³-hybridized carbons (Fsp3) is 0.394. The zero-order valence-corrected chi connectivity index (χ0v) is 26.1. The summed E-state index contributed by atoms with van der Waals surface area (Å²) in [7, 11) is -2.15. The number of hydrogen-bond acceptors (Lipinski definition) is 5. The standard InChI is InChI=1S/C33H43N3O5S/c1-6-26(3)34-33(38)30(23-27-13-8-7-9-14-27)35(24-28-20-18-25(2)19-21-28)32(37)17-12-22-36(42(5,39)40)29-15-10-11-16-31(29)41-4/h7-11,13-16,18-21,26,30H,6,12,17,22-24H2,1-5H3,(H,34,38)/t26-,30-/m0/s1. The Kier molecular flexibility index (Phi) is 12.0. The molecular formula is C33H43N3O5S. The molecule has 0 aromatic heterocycles. The van der Waals surface area contributed by atoms with Crippen LogP contribution in [0.25, 0.3) is 0 Å². The lowest BCUT2D eigenvalue weighted by Gasteiger charge is -2.33. The van der Waals surface area contributed by atoms with Crippen molar-refractivity contribution in [3.05, 3.63) is 95.6 Å². The minimum absolute atomic E-state index is 0.0451. The van der Waals surface area contributed by atoms with E-state index >= 15 is 0 Å². The number of hydrogen-bond donors (Lipinski definition) is 1. The molecule has 0 saturated carbocycles. The summed E-state index contributed by atoms with van der Waals surface area (Å²) in [6, 6.07) is 23.7. The van der Waals surface area contributed by atoms with Crippen molar-refractivity contribution in [3.63, 3.8) is 0 Å². The predicted octanol–water partition coefficient (Wildman–Crippen LogP) is 5.10. The molecule has 0 aliphatic heterocycles. The van der Waals surface area contributed by atoms with Crippen LogP contribution in [-0.2, 0) is 32.6 Å². The summed E-state index contributed by atoms with van der Waals surface area (Å²) >= 11 is 0. The number of nitrogens with one attached hydrogen (secondary N) is 1. The summed E-state index contributed by atoms with van der Waals surface area (Å²) < 4.78 is 32.1. The molecule has 0 radical (unpaired) electrons. The number of carbonyl (C=O) groups excluding carboxylic acids is 2. The molecule has 0 unspecified atom stereocenters. The van der Waals surface area contributed by atoms with Gasteiger partial charge in [-0.05, 0) is 49.9 Å². The third kappa shape index (κ3) is 9.34. The Hall–Kier alpha value is -3.85. The van der Waals surface area contributed by atoms with Gasteiger partial charge in [-0.1, -0.05) is 79.2 Å². The second-order valence-electron chi connectivity index (χ2n) is 10.6. The van der Waals surface area contributed by atoms with Crippen molar-refractivity contribution in [1.82, 2.24) is 10.2 Å². The zero-order chi connectivity index (χ0) is 30.7. The Morgan fingerprint density at radius 3 is 2.19 bits per heavy atom. The number of aryl methyl sites for hydroxylation is 1. The highest BCUT2D eigenvalue weighted by atomic mass is 32.2. The molecule has 226 valence electrons. The van der Waals surface area contributed by atoms with Crippen molar-refractivity contribution in [3.8, 4) is 5.75 Å². The number of sulfonamides is 1. The van der Waals surface area contributed by atoms with Crippen molar-refractivity contribution >= 4 is 27.5 Å². The van der Waals surface area contributed by atoms with Crippen LogP contribution in [0, 0.1) is 6.92 Å². The number of carbonyl (C=O) groups is 2. The van der Waals surface area contributed by atoms with Gasteiger partial charge in [-0.25, -0.2) is 8.42 Å². The van der Waals surface area contributed by atoms with Gasteiger partial charge in [0.25, 0.3) is 0 Å². The van der Waals surface area contributed by atoms with Crippen LogP contribution >= 0.6 is 0 Å². The average Bonchev–Trinajstić information content (AvgIpc) is 2.97. The van der Waals surface area contributed by atoms with Crippen molar-refractivity contribution in [2.24, 2.45) is 0 Å². The number of anilines is 1. The van der Waals surface area contributed by atoms with E-state index in [0.717, 1.165) is 29.4 Å². The molecule has 42 heavy (non-hydrogen) atoms. The number of ether oxygens (including phenoxy) is 1. The lowest BCUT2D eigenvalue weighted by Crippen LogP contribution is -2.52. The van der Waals surface area contributed by atoms with E-state index in [2.05, 4.69) is 5.32 Å². The third-order valence-corrected chi connectivity index (χ3v) is 8.43. The summed E-state index contributed by atoms with van der Waals surface area (Å²) in [4.78, 5) is 29.3. The molecule has 2 atom stereocenters. The van der Waals surface area contributed by atoms with Crippen molar-refractivity contribution in [2.45, 2.75) is 65.1 Å². The Bertz CT molecular complexity index is 1410. The van der Waals surface area contributed by atoms with Crippen LogP contribution in [0.4, 0.5) is 5.69 Å². The second kappa shape index (κ2) is 15.4. The van der Waals surface area contributed by atoms with Gasteiger partial charge in [0.05, 0.1) is 19.1 Å². The highest BCUT2D eigenvalue weighted by molar-refractivity contribution is 7.92. The normalized spacial score (nSPS) is 12.7. The van der Waals surface area contributed by atoms with E-state index in [-0.39, 0.29) is 43.8 Å². The summed E-state index contributed by atoms with van der Waals surface area (Å²) in [5.74, 6) is 0.00428. The molecule has 0 heterocycles. The minimum atomic E-state index is -3.64. The van der Waals surface area contributed by atoms with Crippen LogP contribution in [0.3, 0.4) is 0 Å². The molecule has 0 spiro atoms. The molecule has 0 saturated heterocycles. The lowest BCUT2D eigenvalue weighted by atomic mass is 10.0. The number of nitrogens with zero attached hydrogens (tertiary/aromatic N) is 2. The Labute approximate surface area is 250 Å². The average molecular weight is 594 g/mol. The number of methoxy groups -OCH3 is 1. The van der Waals surface area contributed by atoms with Crippen LogP contribution < -0.4 is 14.4 Å². The van der Waals surface area contributed by atoms with E-state index in [1.54, 1.807) is 29.2 Å². The first-order valence-corrected chi connectivity index (χ1v) is 16.2. The fourth-order valence-corrected chi connectivity index (χ4v) is 5.67. The van der Waals surface area contributed by atoms with Gasteiger partial charge < -0.3 is 15.0 Å². The largest absolute Gasteiger partial charge is 0.495 e.